The van der Waals surface area contributed by atoms with Gasteiger partial charge in [0.25, 0.3) is 0 Å². The van der Waals surface area contributed by atoms with Crippen LogP contribution in [0.4, 0.5) is 0 Å². The predicted octanol–water partition coefficient (Wildman–Crippen LogP) is 7.30. The van der Waals surface area contributed by atoms with Crippen LogP contribution in [0.1, 0.15) is 75.3 Å². The molecule has 0 unspecified atom stereocenters. The lowest BCUT2D eigenvalue weighted by atomic mass is 9.55. The van der Waals surface area contributed by atoms with Crippen LogP contribution in [0.25, 0.3) is 0 Å². The SMILES string of the molecule is C=CCCCCCC(=O)N1C[C@H]2C[C@H](OCc3ccccc3)[C@@H]3C[C@H]2[C@](CCCC=C)(C1)CN3S(=O)(=O)c1ccc(C)cc1. The summed E-state index contributed by atoms with van der Waals surface area (Å²) in [5.74, 6) is 0.848. The molecule has 2 bridgehead atoms. The highest BCUT2D eigenvalue weighted by molar-refractivity contribution is 7.89. The summed E-state index contributed by atoms with van der Waals surface area (Å²) in [6.45, 7) is 11.9. The molecule has 0 aromatic heterocycles. The Balaban J connectivity index is 1.47. The fourth-order valence-corrected chi connectivity index (χ4v) is 9.77. The number of piperidine rings is 2. The van der Waals surface area contributed by atoms with E-state index in [1.807, 2.05) is 61.5 Å². The van der Waals surface area contributed by atoms with Crippen LogP contribution in [-0.2, 0) is 26.2 Å². The van der Waals surface area contributed by atoms with Crippen LogP contribution in [0.2, 0.25) is 0 Å². The molecule has 44 heavy (non-hydrogen) atoms. The molecule has 0 radical (unpaired) electrons. The topological polar surface area (TPSA) is 66.9 Å². The van der Waals surface area contributed by atoms with E-state index in [0.29, 0.717) is 42.8 Å². The maximum Gasteiger partial charge on any atom is 0.243 e. The molecule has 3 fully saturated rings. The number of likely N-dealkylation sites (tertiary alicyclic amines) is 1. The zero-order valence-corrected chi connectivity index (χ0v) is 27.2. The Morgan fingerprint density at radius 2 is 1.68 bits per heavy atom. The van der Waals surface area contributed by atoms with Crippen LogP contribution in [0.15, 0.2) is 84.8 Å². The number of ether oxygens (including phenoxy) is 1. The molecule has 5 rings (SSSR count). The number of hydrogen-bond acceptors (Lipinski definition) is 4. The van der Waals surface area contributed by atoms with E-state index in [1.165, 1.54) is 0 Å². The first-order chi connectivity index (χ1) is 21.3. The minimum Gasteiger partial charge on any atom is -0.372 e. The second-order valence-corrected chi connectivity index (χ2v) is 15.2. The lowest BCUT2D eigenvalue weighted by Gasteiger charge is -2.62. The third-order valence-corrected chi connectivity index (χ3v) is 12.2. The highest BCUT2D eigenvalue weighted by Crippen LogP contribution is 2.55. The molecule has 3 aliphatic rings. The second kappa shape index (κ2) is 14.6. The number of nitrogens with zero attached hydrogens (tertiary/aromatic N) is 2. The Morgan fingerprint density at radius 3 is 2.41 bits per heavy atom. The monoisotopic (exact) mass is 618 g/mol. The van der Waals surface area contributed by atoms with Crippen molar-refractivity contribution in [2.75, 3.05) is 19.6 Å². The minimum absolute atomic E-state index is 0.201. The molecule has 1 amide bonds. The molecule has 2 aliphatic heterocycles. The predicted molar refractivity (Wildman–Crippen MR) is 176 cm³/mol. The van der Waals surface area contributed by atoms with Crippen molar-refractivity contribution in [3.63, 3.8) is 0 Å². The first-order valence-corrected chi connectivity index (χ1v) is 17.9. The van der Waals surface area contributed by atoms with E-state index in [4.69, 9.17) is 4.74 Å². The van der Waals surface area contributed by atoms with Crippen molar-refractivity contribution < 1.29 is 17.9 Å². The van der Waals surface area contributed by atoms with Crippen molar-refractivity contribution in [2.45, 2.75) is 94.8 Å². The van der Waals surface area contributed by atoms with Gasteiger partial charge in [-0.1, -0.05) is 66.6 Å². The van der Waals surface area contributed by atoms with Crippen molar-refractivity contribution in [1.82, 2.24) is 9.21 Å². The maximum atomic E-state index is 14.5. The Hall–Kier alpha value is -2.74. The number of carbonyl (C=O) groups excluding carboxylic acids is 1. The summed E-state index contributed by atoms with van der Waals surface area (Å²) in [6.07, 6.45) is 12.3. The van der Waals surface area contributed by atoms with Gasteiger partial charge >= 0.3 is 0 Å². The van der Waals surface area contributed by atoms with E-state index in [-0.39, 0.29) is 23.5 Å². The fraction of sp³-hybridized carbons (Fsp3) is 0.541. The van der Waals surface area contributed by atoms with Gasteiger partial charge in [0.05, 0.1) is 23.6 Å². The van der Waals surface area contributed by atoms with Gasteiger partial charge in [-0.15, -0.1) is 13.2 Å². The van der Waals surface area contributed by atoms with E-state index in [0.717, 1.165) is 75.5 Å². The molecule has 1 saturated carbocycles. The molecule has 0 spiro atoms. The lowest BCUT2D eigenvalue weighted by molar-refractivity contribution is -0.166. The molecular weight excluding hydrogens is 568 g/mol. The molecular formula is C37H50N2O4S. The summed E-state index contributed by atoms with van der Waals surface area (Å²) in [4.78, 5) is 16.1. The number of fused-ring (bicyclic) bond motifs is 1. The first-order valence-electron chi connectivity index (χ1n) is 16.5. The molecule has 2 aromatic carbocycles. The first kappa shape index (κ1) is 32.6. The number of benzene rings is 2. The maximum absolute atomic E-state index is 14.5. The molecule has 7 heteroatoms. The number of aryl methyl sites for hydroxylation is 1. The molecule has 2 saturated heterocycles. The number of rotatable bonds is 15. The number of hydrogen-bond donors (Lipinski definition) is 0. The Labute approximate surface area is 265 Å². The quantitative estimate of drug-likeness (QED) is 0.155. The summed E-state index contributed by atoms with van der Waals surface area (Å²) >= 11 is 0. The summed E-state index contributed by atoms with van der Waals surface area (Å²) in [6, 6.07) is 17.1. The Bertz CT molecular complexity index is 1380. The zero-order chi connectivity index (χ0) is 31.2. The van der Waals surface area contributed by atoms with Crippen molar-refractivity contribution in [3.05, 3.63) is 91.0 Å². The van der Waals surface area contributed by atoms with E-state index in [2.05, 4.69) is 18.1 Å². The lowest BCUT2D eigenvalue weighted by Crippen LogP contribution is -2.69. The smallest absolute Gasteiger partial charge is 0.243 e. The van der Waals surface area contributed by atoms with Crippen LogP contribution in [0, 0.1) is 24.2 Å². The molecule has 238 valence electrons. The molecule has 2 aromatic rings. The number of sulfonamides is 1. The van der Waals surface area contributed by atoms with Crippen molar-refractivity contribution in [1.29, 1.82) is 0 Å². The van der Waals surface area contributed by atoms with Gasteiger partial charge in [0.1, 0.15) is 0 Å². The van der Waals surface area contributed by atoms with Gasteiger partial charge in [-0.2, -0.15) is 4.31 Å². The van der Waals surface area contributed by atoms with E-state index >= 15 is 0 Å². The second-order valence-electron chi connectivity index (χ2n) is 13.3. The van der Waals surface area contributed by atoms with E-state index in [1.54, 1.807) is 16.4 Å². The number of amides is 1. The highest BCUT2D eigenvalue weighted by Gasteiger charge is 2.60. The van der Waals surface area contributed by atoms with Crippen LogP contribution in [-0.4, -0.2) is 55.3 Å². The zero-order valence-electron chi connectivity index (χ0n) is 26.4. The van der Waals surface area contributed by atoms with Crippen LogP contribution >= 0.6 is 0 Å². The summed E-state index contributed by atoms with van der Waals surface area (Å²) in [5, 5.41) is 0. The molecule has 1 aliphatic carbocycles. The third-order valence-electron chi connectivity index (χ3n) is 10.3. The van der Waals surface area contributed by atoms with Crippen LogP contribution in [0.5, 0.6) is 0 Å². The normalized spacial score (nSPS) is 26.7. The van der Waals surface area contributed by atoms with Crippen molar-refractivity contribution >= 4 is 15.9 Å². The van der Waals surface area contributed by atoms with Crippen molar-refractivity contribution in [2.24, 2.45) is 17.3 Å². The van der Waals surface area contributed by atoms with Gasteiger partial charge in [0.15, 0.2) is 0 Å². The fourth-order valence-electron chi connectivity index (χ4n) is 8.02. The largest absolute Gasteiger partial charge is 0.372 e. The van der Waals surface area contributed by atoms with Crippen LogP contribution < -0.4 is 0 Å². The Kier molecular flexibility index (Phi) is 10.8. The van der Waals surface area contributed by atoms with E-state index in [9.17, 15) is 13.2 Å². The van der Waals surface area contributed by atoms with Crippen molar-refractivity contribution in [3.8, 4) is 0 Å². The highest BCUT2D eigenvalue weighted by atomic mass is 32.2. The average Bonchev–Trinajstić information content (AvgIpc) is 3.03. The van der Waals surface area contributed by atoms with Gasteiger partial charge in [-0.25, -0.2) is 8.42 Å². The average molecular weight is 619 g/mol. The summed E-state index contributed by atoms with van der Waals surface area (Å²) in [7, 11) is -3.79. The van der Waals surface area contributed by atoms with E-state index < -0.39 is 10.0 Å². The van der Waals surface area contributed by atoms with Gasteiger partial charge < -0.3 is 9.64 Å². The molecule has 0 N–H and O–H groups in total. The molecule has 2 heterocycles. The minimum atomic E-state index is -3.79. The summed E-state index contributed by atoms with van der Waals surface area (Å²) in [5.41, 5.74) is 1.82. The standard InChI is InChI=1S/C37H50N2O4S/c1-4-6-8-9-13-17-36(40)38-25-31-23-35(43-26-30-15-11-10-12-16-30)34-24-33(31)37(27-38,22-14-7-5-2)28-39(34)44(41,42)32-20-18-29(3)19-21-32/h4-5,10-12,15-16,18-21,31,33-35H,1-2,6-9,13-14,17,22-28H2,3H3/t31-,33-,34+,35+,37-/m1/s1. The van der Waals surface area contributed by atoms with Gasteiger partial charge in [0.2, 0.25) is 15.9 Å². The third kappa shape index (κ3) is 7.21. The number of carbonyl (C=O) groups is 1. The van der Waals surface area contributed by atoms with Gasteiger partial charge in [0, 0.05) is 31.5 Å². The van der Waals surface area contributed by atoms with Gasteiger partial charge in [-0.05, 0) is 87.8 Å². The Morgan fingerprint density at radius 1 is 0.955 bits per heavy atom. The van der Waals surface area contributed by atoms with Gasteiger partial charge in [-0.3, -0.25) is 4.79 Å². The molecule has 5 atom stereocenters. The molecule has 6 nitrogen and oxygen atoms in total. The number of allylic oxidation sites excluding steroid dienone is 2. The number of unbranched alkanes of at least 4 members (excludes halogenated alkanes) is 4. The summed E-state index contributed by atoms with van der Waals surface area (Å²) < 4.78 is 37.3. The van der Waals surface area contributed by atoms with Crippen LogP contribution in [0.3, 0.4) is 0 Å².